The van der Waals surface area contributed by atoms with Gasteiger partial charge in [0.15, 0.2) is 0 Å². The Bertz CT molecular complexity index is 507. The molecule has 5 nitrogen and oxygen atoms in total. The first-order valence-corrected chi connectivity index (χ1v) is 6.87. The normalized spacial score (nSPS) is 19.4. The molecule has 0 aromatic heterocycles. The zero-order valence-corrected chi connectivity index (χ0v) is 12.3. The van der Waals surface area contributed by atoms with Crippen LogP contribution in [0.5, 0.6) is 0 Å². The van der Waals surface area contributed by atoms with Crippen molar-refractivity contribution in [1.29, 1.82) is 0 Å². The van der Waals surface area contributed by atoms with Crippen molar-refractivity contribution < 1.29 is 4.79 Å². The molecule has 1 aliphatic rings. The lowest BCUT2D eigenvalue weighted by atomic mass is 9.93. The van der Waals surface area contributed by atoms with Gasteiger partial charge >= 0.3 is 0 Å². The lowest BCUT2D eigenvalue weighted by molar-refractivity contribution is -0.132. The van der Waals surface area contributed by atoms with Crippen LogP contribution in [0.15, 0.2) is 29.4 Å². The maximum absolute atomic E-state index is 12.0. The molecular weight excluding hydrogens is 252 g/mol. The molecule has 108 valence electrons. The summed E-state index contributed by atoms with van der Waals surface area (Å²) in [5.41, 5.74) is 8.44. The van der Waals surface area contributed by atoms with E-state index in [4.69, 9.17) is 5.73 Å². The van der Waals surface area contributed by atoms with Crippen LogP contribution in [0.1, 0.15) is 18.9 Å². The van der Waals surface area contributed by atoms with E-state index in [0.29, 0.717) is 13.0 Å². The number of amides is 1. The standard InChI is InChI=1S/C15H22N4O/c1-11-10-14(20)19(9-8-18(2)3)17-15(11)12-4-6-13(16)7-5-12/h4-7,11H,8-10,16H2,1-3H3. The van der Waals surface area contributed by atoms with Crippen molar-refractivity contribution in [3.05, 3.63) is 29.8 Å². The molecule has 0 bridgehead atoms. The van der Waals surface area contributed by atoms with Crippen molar-refractivity contribution in [2.75, 3.05) is 32.9 Å². The number of hydrogen-bond donors (Lipinski definition) is 1. The SMILES string of the molecule is CC1CC(=O)N(CCN(C)C)N=C1c1ccc(N)cc1. The van der Waals surface area contributed by atoms with Crippen LogP contribution in [0.25, 0.3) is 0 Å². The van der Waals surface area contributed by atoms with E-state index >= 15 is 0 Å². The highest BCUT2D eigenvalue weighted by atomic mass is 16.2. The molecule has 1 aromatic rings. The van der Waals surface area contributed by atoms with Crippen LogP contribution < -0.4 is 5.73 Å². The van der Waals surface area contributed by atoms with Gasteiger partial charge in [0.1, 0.15) is 0 Å². The molecule has 20 heavy (non-hydrogen) atoms. The molecule has 2 N–H and O–H groups in total. The Morgan fingerprint density at radius 2 is 2.00 bits per heavy atom. The third-order valence-corrected chi connectivity index (χ3v) is 3.43. The molecule has 0 fully saturated rings. The summed E-state index contributed by atoms with van der Waals surface area (Å²) in [6.45, 7) is 3.46. The van der Waals surface area contributed by atoms with E-state index in [-0.39, 0.29) is 11.8 Å². The van der Waals surface area contributed by atoms with Gasteiger partial charge in [-0.1, -0.05) is 19.1 Å². The Kier molecular flexibility index (Phi) is 4.39. The van der Waals surface area contributed by atoms with E-state index in [1.54, 1.807) is 5.01 Å². The topological polar surface area (TPSA) is 61.9 Å². The number of nitrogens with zero attached hydrogens (tertiary/aromatic N) is 3. The summed E-state index contributed by atoms with van der Waals surface area (Å²) in [5.74, 6) is 0.236. The number of carbonyl (C=O) groups is 1. The van der Waals surface area contributed by atoms with Gasteiger partial charge < -0.3 is 10.6 Å². The number of nitrogens with two attached hydrogens (primary N) is 1. The molecule has 1 aliphatic heterocycles. The average molecular weight is 274 g/mol. The molecule has 1 atom stereocenters. The smallest absolute Gasteiger partial charge is 0.243 e. The lowest BCUT2D eigenvalue weighted by Gasteiger charge is -2.28. The number of benzene rings is 1. The van der Waals surface area contributed by atoms with Crippen molar-refractivity contribution >= 4 is 17.3 Å². The van der Waals surface area contributed by atoms with E-state index in [9.17, 15) is 4.79 Å². The maximum Gasteiger partial charge on any atom is 0.243 e. The molecule has 2 rings (SSSR count). The number of likely N-dealkylation sites (N-methyl/N-ethyl adjacent to an activating group) is 1. The Morgan fingerprint density at radius 1 is 1.35 bits per heavy atom. The fourth-order valence-electron chi connectivity index (χ4n) is 2.21. The molecule has 0 saturated carbocycles. The summed E-state index contributed by atoms with van der Waals surface area (Å²) < 4.78 is 0. The zero-order valence-electron chi connectivity index (χ0n) is 12.3. The molecule has 1 aromatic carbocycles. The highest BCUT2D eigenvalue weighted by Gasteiger charge is 2.27. The molecule has 0 saturated heterocycles. The highest BCUT2D eigenvalue weighted by Crippen LogP contribution is 2.21. The summed E-state index contributed by atoms with van der Waals surface area (Å²) in [5, 5.41) is 6.14. The lowest BCUT2D eigenvalue weighted by Crippen LogP contribution is -2.39. The summed E-state index contributed by atoms with van der Waals surface area (Å²) in [6.07, 6.45) is 0.511. The van der Waals surface area contributed by atoms with Crippen LogP contribution in [0.4, 0.5) is 5.69 Å². The van der Waals surface area contributed by atoms with Crippen LogP contribution in [-0.2, 0) is 4.79 Å². The average Bonchev–Trinajstić information content (AvgIpc) is 2.39. The molecule has 0 spiro atoms. The van der Waals surface area contributed by atoms with Crippen LogP contribution >= 0.6 is 0 Å². The van der Waals surface area contributed by atoms with Gasteiger partial charge in [-0.15, -0.1) is 0 Å². The molecular formula is C15H22N4O. The number of carbonyl (C=O) groups excluding carboxylic acids is 1. The second-order valence-corrected chi connectivity index (χ2v) is 5.53. The first kappa shape index (κ1) is 14.5. The number of anilines is 1. The van der Waals surface area contributed by atoms with Crippen molar-refractivity contribution in [2.24, 2.45) is 11.0 Å². The van der Waals surface area contributed by atoms with Gasteiger partial charge in [0, 0.05) is 24.6 Å². The summed E-state index contributed by atoms with van der Waals surface area (Å²) in [7, 11) is 3.98. The quantitative estimate of drug-likeness (QED) is 0.844. The number of hydrazone groups is 1. The third-order valence-electron chi connectivity index (χ3n) is 3.43. The second-order valence-electron chi connectivity index (χ2n) is 5.53. The van der Waals surface area contributed by atoms with E-state index in [1.807, 2.05) is 50.2 Å². The fraction of sp³-hybridized carbons (Fsp3) is 0.467. The Balaban J connectivity index is 2.22. The molecule has 1 amide bonds. The van der Waals surface area contributed by atoms with Crippen molar-refractivity contribution in [3.8, 4) is 0 Å². The van der Waals surface area contributed by atoms with Crippen molar-refractivity contribution in [1.82, 2.24) is 9.91 Å². The van der Waals surface area contributed by atoms with Crippen LogP contribution in [0, 0.1) is 5.92 Å². The Morgan fingerprint density at radius 3 is 2.60 bits per heavy atom. The highest BCUT2D eigenvalue weighted by molar-refractivity contribution is 6.05. The fourth-order valence-corrected chi connectivity index (χ4v) is 2.21. The van der Waals surface area contributed by atoms with Crippen molar-refractivity contribution in [2.45, 2.75) is 13.3 Å². The number of nitrogen functional groups attached to an aromatic ring is 1. The van der Waals surface area contributed by atoms with Gasteiger partial charge in [-0.3, -0.25) is 4.79 Å². The van der Waals surface area contributed by atoms with Gasteiger partial charge in [0.2, 0.25) is 5.91 Å². The summed E-state index contributed by atoms with van der Waals surface area (Å²) >= 11 is 0. The minimum atomic E-state index is 0.0959. The predicted molar refractivity (Wildman–Crippen MR) is 81.4 cm³/mol. The molecule has 1 heterocycles. The van der Waals surface area contributed by atoms with E-state index in [0.717, 1.165) is 23.5 Å². The number of rotatable bonds is 4. The largest absolute Gasteiger partial charge is 0.399 e. The minimum absolute atomic E-state index is 0.0959. The predicted octanol–water partition coefficient (Wildman–Crippen LogP) is 1.40. The molecule has 5 heteroatoms. The van der Waals surface area contributed by atoms with E-state index in [2.05, 4.69) is 5.10 Å². The molecule has 0 radical (unpaired) electrons. The Labute approximate surface area is 120 Å². The van der Waals surface area contributed by atoms with Gasteiger partial charge in [0.25, 0.3) is 0 Å². The van der Waals surface area contributed by atoms with Crippen molar-refractivity contribution in [3.63, 3.8) is 0 Å². The summed E-state index contributed by atoms with van der Waals surface area (Å²) in [6, 6.07) is 7.66. The monoisotopic (exact) mass is 274 g/mol. The summed E-state index contributed by atoms with van der Waals surface area (Å²) in [4.78, 5) is 14.1. The van der Waals surface area contributed by atoms with Gasteiger partial charge in [0.05, 0.1) is 12.3 Å². The minimum Gasteiger partial charge on any atom is -0.399 e. The van der Waals surface area contributed by atoms with E-state index in [1.165, 1.54) is 0 Å². The second kappa shape index (κ2) is 6.05. The zero-order chi connectivity index (χ0) is 14.7. The first-order chi connectivity index (χ1) is 9.47. The van der Waals surface area contributed by atoms with E-state index < -0.39 is 0 Å². The maximum atomic E-state index is 12.0. The van der Waals surface area contributed by atoms with Gasteiger partial charge in [-0.2, -0.15) is 5.10 Å². The van der Waals surface area contributed by atoms with Gasteiger partial charge in [-0.25, -0.2) is 5.01 Å². The third kappa shape index (κ3) is 3.36. The molecule has 1 unspecified atom stereocenters. The molecule has 0 aliphatic carbocycles. The first-order valence-electron chi connectivity index (χ1n) is 6.87. The number of hydrogen-bond acceptors (Lipinski definition) is 4. The van der Waals surface area contributed by atoms with Crippen LogP contribution in [0.2, 0.25) is 0 Å². The van der Waals surface area contributed by atoms with Gasteiger partial charge in [-0.05, 0) is 31.8 Å². The Hall–Kier alpha value is -1.88. The van der Waals surface area contributed by atoms with Crippen LogP contribution in [-0.4, -0.2) is 48.7 Å². The van der Waals surface area contributed by atoms with Crippen LogP contribution in [0.3, 0.4) is 0 Å².